The molecule has 0 aliphatic rings. The number of Topliss-reactive ketones (excluding diaryl/α,β-unsaturated/α-hetero) is 1. The van der Waals surface area contributed by atoms with Crippen molar-refractivity contribution in [1.82, 2.24) is 9.78 Å². The van der Waals surface area contributed by atoms with Crippen LogP contribution in [-0.2, 0) is 40.3 Å². The van der Waals surface area contributed by atoms with Gasteiger partial charge < -0.3 is 0 Å². The van der Waals surface area contributed by atoms with Crippen LogP contribution in [0.3, 0.4) is 0 Å². The lowest BCUT2D eigenvalue weighted by Crippen LogP contribution is -2.08. The van der Waals surface area contributed by atoms with E-state index in [4.69, 9.17) is 11.6 Å². The third-order valence-electron chi connectivity index (χ3n) is 5.24. The fourth-order valence-corrected chi connectivity index (χ4v) is 6.67. The SMILES string of the molecule is Cc1cc(-c2ccc(S(=O)(=O)Cc3ccc(Cl)c(CC(=O)Cc4ccccc4)c3)s2)n(C)n1. The number of hydrogen-bond donors (Lipinski definition) is 0. The van der Waals surface area contributed by atoms with Crippen molar-refractivity contribution < 1.29 is 13.2 Å². The molecule has 33 heavy (non-hydrogen) atoms. The lowest BCUT2D eigenvalue weighted by atomic mass is 10.0. The summed E-state index contributed by atoms with van der Waals surface area (Å²) in [6.45, 7) is 1.90. The van der Waals surface area contributed by atoms with Gasteiger partial charge in [0.15, 0.2) is 9.84 Å². The second-order valence-corrected chi connectivity index (χ2v) is 11.7. The number of hydrogen-bond acceptors (Lipinski definition) is 5. The molecule has 0 bridgehead atoms. The summed E-state index contributed by atoms with van der Waals surface area (Å²) in [5, 5.41) is 4.79. The first-order valence-electron chi connectivity index (χ1n) is 10.4. The topological polar surface area (TPSA) is 69.0 Å². The molecule has 4 aromatic rings. The van der Waals surface area contributed by atoms with Crippen molar-refractivity contribution in [3.05, 3.63) is 94.1 Å². The molecule has 0 aliphatic carbocycles. The Kier molecular flexibility index (Phi) is 6.83. The van der Waals surface area contributed by atoms with Crippen LogP contribution in [0.4, 0.5) is 0 Å². The normalized spacial score (nSPS) is 11.6. The minimum Gasteiger partial charge on any atom is -0.299 e. The van der Waals surface area contributed by atoms with Crippen molar-refractivity contribution >= 4 is 38.6 Å². The number of benzene rings is 2. The van der Waals surface area contributed by atoms with Gasteiger partial charge >= 0.3 is 0 Å². The zero-order valence-electron chi connectivity index (χ0n) is 18.3. The molecular formula is C25H23ClN2O3S2. The van der Waals surface area contributed by atoms with Gasteiger partial charge in [0.2, 0.25) is 0 Å². The molecule has 2 aromatic carbocycles. The average molecular weight is 499 g/mol. The molecule has 0 radical (unpaired) electrons. The molecule has 4 rings (SSSR count). The number of thiophene rings is 1. The van der Waals surface area contributed by atoms with E-state index in [1.165, 1.54) is 11.3 Å². The van der Waals surface area contributed by atoms with E-state index >= 15 is 0 Å². The maximum atomic E-state index is 13.1. The molecule has 0 saturated carbocycles. The van der Waals surface area contributed by atoms with Crippen LogP contribution in [0.1, 0.15) is 22.4 Å². The van der Waals surface area contributed by atoms with Gasteiger partial charge in [0.25, 0.3) is 0 Å². The summed E-state index contributed by atoms with van der Waals surface area (Å²) in [6.07, 6.45) is 0.468. The zero-order valence-corrected chi connectivity index (χ0v) is 20.7. The predicted molar refractivity (Wildman–Crippen MR) is 132 cm³/mol. The van der Waals surface area contributed by atoms with Gasteiger partial charge in [-0.1, -0.05) is 54.1 Å². The number of nitrogens with zero attached hydrogens (tertiary/aromatic N) is 2. The van der Waals surface area contributed by atoms with Gasteiger partial charge in [0, 0.05) is 24.9 Å². The van der Waals surface area contributed by atoms with Crippen LogP contribution in [0.15, 0.2) is 70.9 Å². The van der Waals surface area contributed by atoms with Crippen LogP contribution >= 0.6 is 22.9 Å². The summed E-state index contributed by atoms with van der Waals surface area (Å²) in [7, 11) is -1.71. The number of halogens is 1. The van der Waals surface area contributed by atoms with E-state index in [-0.39, 0.29) is 18.0 Å². The molecule has 2 heterocycles. The van der Waals surface area contributed by atoms with Gasteiger partial charge in [-0.05, 0) is 47.9 Å². The third kappa shape index (κ3) is 5.61. The maximum Gasteiger partial charge on any atom is 0.191 e. The van der Waals surface area contributed by atoms with Crippen LogP contribution < -0.4 is 0 Å². The molecular weight excluding hydrogens is 476 g/mol. The van der Waals surface area contributed by atoms with E-state index in [9.17, 15) is 13.2 Å². The molecule has 0 fully saturated rings. The monoisotopic (exact) mass is 498 g/mol. The van der Waals surface area contributed by atoms with Crippen LogP contribution in [0.2, 0.25) is 5.02 Å². The number of carbonyl (C=O) groups is 1. The molecule has 0 N–H and O–H groups in total. The van der Waals surface area contributed by atoms with Crippen molar-refractivity contribution in [2.24, 2.45) is 7.05 Å². The smallest absolute Gasteiger partial charge is 0.191 e. The van der Waals surface area contributed by atoms with Crippen LogP contribution in [0.5, 0.6) is 0 Å². The number of aryl methyl sites for hydroxylation is 2. The van der Waals surface area contributed by atoms with Gasteiger partial charge in [-0.3, -0.25) is 9.48 Å². The van der Waals surface area contributed by atoms with Crippen molar-refractivity contribution in [3.63, 3.8) is 0 Å². The van der Waals surface area contributed by atoms with Crippen LogP contribution in [0.25, 0.3) is 10.6 Å². The Morgan fingerprint density at radius 3 is 2.45 bits per heavy atom. The van der Waals surface area contributed by atoms with Gasteiger partial charge in [-0.15, -0.1) is 11.3 Å². The Balaban J connectivity index is 1.50. The van der Waals surface area contributed by atoms with Crippen molar-refractivity contribution in [2.45, 2.75) is 29.7 Å². The molecule has 8 heteroatoms. The van der Waals surface area contributed by atoms with E-state index < -0.39 is 9.84 Å². The quantitative estimate of drug-likeness (QED) is 0.324. The second kappa shape index (κ2) is 9.63. The highest BCUT2D eigenvalue weighted by Crippen LogP contribution is 2.33. The van der Waals surface area contributed by atoms with E-state index in [1.54, 1.807) is 28.9 Å². The molecule has 0 atom stereocenters. The number of rotatable bonds is 8. The first kappa shape index (κ1) is 23.4. The highest BCUT2D eigenvalue weighted by molar-refractivity contribution is 7.92. The minimum atomic E-state index is -3.55. The Labute approximate surface area is 202 Å². The third-order valence-corrected chi connectivity index (χ3v) is 8.99. The largest absolute Gasteiger partial charge is 0.299 e. The van der Waals surface area contributed by atoms with Crippen molar-refractivity contribution in [1.29, 1.82) is 0 Å². The van der Waals surface area contributed by atoms with E-state index in [2.05, 4.69) is 5.10 Å². The number of aromatic nitrogens is 2. The Hall–Kier alpha value is -2.74. The van der Waals surface area contributed by atoms with Crippen molar-refractivity contribution in [3.8, 4) is 10.6 Å². The molecule has 2 aromatic heterocycles. The fourth-order valence-electron chi connectivity index (χ4n) is 3.71. The Bertz CT molecular complexity index is 1410. The molecule has 0 aliphatic heterocycles. The maximum absolute atomic E-state index is 13.1. The van der Waals surface area contributed by atoms with Gasteiger partial charge in [-0.2, -0.15) is 5.10 Å². The summed E-state index contributed by atoms with van der Waals surface area (Å²) in [6, 6.07) is 20.0. The summed E-state index contributed by atoms with van der Waals surface area (Å²) in [4.78, 5) is 13.4. The summed E-state index contributed by atoms with van der Waals surface area (Å²) in [5.41, 5.74) is 3.94. The molecule has 0 unspecified atom stereocenters. The standard InChI is InChI=1S/C25H23ClN2O3S2/c1-17-12-23(28(2)27-17)24-10-11-25(32-24)33(30,31)16-19-8-9-22(26)20(13-19)15-21(29)14-18-6-4-3-5-7-18/h3-13H,14-16H2,1-2H3. The lowest BCUT2D eigenvalue weighted by molar-refractivity contribution is -0.117. The summed E-state index contributed by atoms with van der Waals surface area (Å²) in [5.74, 6) is -0.133. The molecule has 5 nitrogen and oxygen atoms in total. The highest BCUT2D eigenvalue weighted by atomic mass is 35.5. The average Bonchev–Trinajstić information content (AvgIpc) is 3.37. The number of carbonyl (C=O) groups excluding carboxylic acids is 1. The van der Waals surface area contributed by atoms with Gasteiger partial charge in [-0.25, -0.2) is 8.42 Å². The molecule has 0 spiro atoms. The summed E-state index contributed by atoms with van der Waals surface area (Å²) < 4.78 is 28.2. The number of ketones is 1. The first-order valence-corrected chi connectivity index (χ1v) is 13.2. The predicted octanol–water partition coefficient (Wildman–Crippen LogP) is 5.44. The Morgan fingerprint density at radius 2 is 1.76 bits per heavy atom. The lowest BCUT2D eigenvalue weighted by Gasteiger charge is -2.08. The Morgan fingerprint density at radius 1 is 1.00 bits per heavy atom. The molecule has 170 valence electrons. The number of sulfone groups is 1. The van der Waals surface area contributed by atoms with Gasteiger partial charge in [0.1, 0.15) is 9.99 Å². The van der Waals surface area contributed by atoms with Crippen LogP contribution in [0, 0.1) is 6.92 Å². The fraction of sp³-hybridized carbons (Fsp3) is 0.200. The highest BCUT2D eigenvalue weighted by Gasteiger charge is 2.20. The zero-order chi connectivity index (χ0) is 23.6. The van der Waals surface area contributed by atoms with E-state index in [0.29, 0.717) is 26.8 Å². The van der Waals surface area contributed by atoms with Crippen LogP contribution in [-0.4, -0.2) is 24.0 Å². The minimum absolute atomic E-state index is 0.0254. The molecule has 0 saturated heterocycles. The molecule has 0 amide bonds. The van der Waals surface area contributed by atoms with E-state index in [0.717, 1.165) is 21.8 Å². The summed E-state index contributed by atoms with van der Waals surface area (Å²) >= 11 is 7.54. The first-order chi connectivity index (χ1) is 15.7. The van der Waals surface area contributed by atoms with Gasteiger partial charge in [0.05, 0.1) is 22.0 Å². The van der Waals surface area contributed by atoms with Crippen molar-refractivity contribution in [2.75, 3.05) is 0 Å². The second-order valence-electron chi connectivity index (χ2n) is 7.98. The van der Waals surface area contributed by atoms with E-state index in [1.807, 2.05) is 56.4 Å².